The zero-order valence-corrected chi connectivity index (χ0v) is 22.5. The van der Waals surface area contributed by atoms with Crippen LogP contribution >= 0.6 is 23.4 Å². The number of anilines is 1. The van der Waals surface area contributed by atoms with E-state index >= 15 is 0 Å². The third kappa shape index (κ3) is 7.07. The Balaban J connectivity index is 1.51. The summed E-state index contributed by atoms with van der Waals surface area (Å²) in [6, 6.07) is 16.0. The quantitative estimate of drug-likeness (QED) is 0.224. The Bertz CT molecular complexity index is 1440. The van der Waals surface area contributed by atoms with Gasteiger partial charge >= 0.3 is 0 Å². The summed E-state index contributed by atoms with van der Waals surface area (Å²) in [6.45, 7) is 3.63. The number of rotatable bonds is 10. The first-order valence-corrected chi connectivity index (χ1v) is 13.0. The van der Waals surface area contributed by atoms with Crippen molar-refractivity contribution in [2.24, 2.45) is 0 Å². The second-order valence-corrected chi connectivity index (χ2v) is 9.87. The van der Waals surface area contributed by atoms with Crippen LogP contribution in [0.15, 0.2) is 78.2 Å². The van der Waals surface area contributed by atoms with E-state index in [0.717, 1.165) is 27.8 Å². The van der Waals surface area contributed by atoms with E-state index in [2.05, 4.69) is 11.9 Å². The lowest BCUT2D eigenvalue weighted by Crippen LogP contribution is -2.36. The maximum atomic E-state index is 13.1. The van der Waals surface area contributed by atoms with Crippen molar-refractivity contribution in [3.05, 3.63) is 106 Å². The first kappa shape index (κ1) is 27.9. The van der Waals surface area contributed by atoms with Crippen molar-refractivity contribution < 1.29 is 28.2 Å². The minimum atomic E-state index is -0.591. The number of halogens is 2. The van der Waals surface area contributed by atoms with Crippen LogP contribution in [0.3, 0.4) is 0 Å². The number of carbonyl (C=O) groups excluding carboxylic acids is 3. The summed E-state index contributed by atoms with van der Waals surface area (Å²) in [5.41, 5.74) is 2.67. The van der Waals surface area contributed by atoms with Crippen LogP contribution in [0.1, 0.15) is 16.7 Å². The van der Waals surface area contributed by atoms with Gasteiger partial charge in [0.25, 0.3) is 11.1 Å². The molecule has 200 valence electrons. The number of benzene rings is 3. The van der Waals surface area contributed by atoms with E-state index in [0.29, 0.717) is 34.2 Å². The standard InChI is InChI=1S/C29H24ClFN2O5S/c1-3-4-20-13-19(14-24(37-2)27(20)38-17-18-5-7-21(30)8-6-18)15-25-28(35)33(29(36)39-25)16-26(34)32-23-11-9-22(31)10-12-23/h3,5-15H,1,4,16-17H2,2H3,(H,32,34)/b25-15-. The molecule has 1 fully saturated rings. The van der Waals surface area contributed by atoms with E-state index in [-0.39, 0.29) is 11.5 Å². The molecular formula is C29H24ClFN2O5S. The van der Waals surface area contributed by atoms with E-state index in [9.17, 15) is 18.8 Å². The fraction of sp³-hybridized carbons (Fsp3) is 0.138. The van der Waals surface area contributed by atoms with Crippen LogP contribution in [0.2, 0.25) is 5.02 Å². The predicted molar refractivity (Wildman–Crippen MR) is 150 cm³/mol. The van der Waals surface area contributed by atoms with Crippen LogP contribution in [0.5, 0.6) is 11.5 Å². The topological polar surface area (TPSA) is 84.9 Å². The number of hydrogen-bond donors (Lipinski definition) is 1. The average molecular weight is 567 g/mol. The second-order valence-electron chi connectivity index (χ2n) is 8.44. The molecule has 39 heavy (non-hydrogen) atoms. The SMILES string of the molecule is C=CCc1cc(/C=C2\SC(=O)N(CC(=O)Nc3ccc(F)cc3)C2=O)cc(OC)c1OCc1ccc(Cl)cc1. The summed E-state index contributed by atoms with van der Waals surface area (Å²) in [5.74, 6) is -0.630. The highest BCUT2D eigenvalue weighted by molar-refractivity contribution is 8.18. The van der Waals surface area contributed by atoms with Crippen molar-refractivity contribution in [1.29, 1.82) is 0 Å². The molecule has 1 N–H and O–H groups in total. The molecule has 3 aromatic rings. The second kappa shape index (κ2) is 12.6. The number of nitrogens with zero attached hydrogens (tertiary/aromatic N) is 1. The van der Waals surface area contributed by atoms with Crippen molar-refractivity contribution in [2.75, 3.05) is 19.0 Å². The summed E-state index contributed by atoms with van der Waals surface area (Å²) < 4.78 is 24.7. The van der Waals surface area contributed by atoms with E-state index in [1.165, 1.54) is 31.4 Å². The van der Waals surface area contributed by atoms with E-state index in [4.69, 9.17) is 21.1 Å². The average Bonchev–Trinajstić information content (AvgIpc) is 3.17. The number of imide groups is 1. The van der Waals surface area contributed by atoms with E-state index in [1.807, 2.05) is 18.2 Å². The lowest BCUT2D eigenvalue weighted by Gasteiger charge is -2.16. The molecule has 1 saturated heterocycles. The first-order chi connectivity index (χ1) is 18.8. The summed E-state index contributed by atoms with van der Waals surface area (Å²) in [6.07, 6.45) is 3.77. The van der Waals surface area contributed by atoms with Gasteiger partial charge in [0.2, 0.25) is 5.91 Å². The van der Waals surface area contributed by atoms with Gasteiger partial charge in [-0.15, -0.1) is 6.58 Å². The van der Waals surface area contributed by atoms with Gasteiger partial charge in [0.05, 0.1) is 12.0 Å². The van der Waals surface area contributed by atoms with Crippen molar-refractivity contribution in [2.45, 2.75) is 13.0 Å². The molecule has 3 aromatic carbocycles. The summed E-state index contributed by atoms with van der Waals surface area (Å²) in [5, 5.41) is 2.61. The molecule has 0 unspecified atom stereocenters. The number of allylic oxidation sites excluding steroid dienone is 1. The van der Waals surface area contributed by atoms with Gasteiger partial charge in [-0.2, -0.15) is 0 Å². The summed E-state index contributed by atoms with van der Waals surface area (Å²) >= 11 is 6.70. The van der Waals surface area contributed by atoms with Crippen LogP contribution in [-0.4, -0.2) is 35.6 Å². The Morgan fingerprint density at radius 1 is 1.13 bits per heavy atom. The maximum Gasteiger partial charge on any atom is 0.294 e. The van der Waals surface area contributed by atoms with Gasteiger partial charge in [-0.25, -0.2) is 4.39 Å². The molecule has 1 aliphatic rings. The molecule has 0 aliphatic carbocycles. The molecule has 4 rings (SSSR count). The zero-order valence-electron chi connectivity index (χ0n) is 20.9. The van der Waals surface area contributed by atoms with E-state index in [1.54, 1.807) is 30.4 Å². The molecule has 0 atom stereocenters. The Hall–Kier alpha value is -4.08. The number of methoxy groups -OCH3 is 1. The van der Waals surface area contributed by atoms with Gasteiger partial charge in [0.1, 0.15) is 19.0 Å². The number of ether oxygens (including phenoxy) is 2. The number of thioether (sulfide) groups is 1. The van der Waals surface area contributed by atoms with Crippen molar-refractivity contribution in [3.8, 4) is 11.5 Å². The third-order valence-corrected chi connectivity index (χ3v) is 6.80. The Morgan fingerprint density at radius 2 is 1.85 bits per heavy atom. The predicted octanol–water partition coefficient (Wildman–Crippen LogP) is 6.47. The molecule has 7 nitrogen and oxygen atoms in total. The number of carbonyl (C=O) groups is 3. The monoisotopic (exact) mass is 566 g/mol. The molecule has 1 heterocycles. The molecule has 0 aromatic heterocycles. The van der Waals surface area contributed by atoms with Gasteiger partial charge in [0.15, 0.2) is 11.5 Å². The first-order valence-electron chi connectivity index (χ1n) is 11.8. The highest BCUT2D eigenvalue weighted by Crippen LogP contribution is 2.37. The van der Waals surface area contributed by atoms with Crippen LogP contribution in [0, 0.1) is 5.82 Å². The van der Waals surface area contributed by atoms with E-state index < -0.39 is 29.4 Å². The van der Waals surface area contributed by atoms with Crippen LogP contribution in [0.25, 0.3) is 6.08 Å². The van der Waals surface area contributed by atoms with Crippen molar-refractivity contribution >= 4 is 52.2 Å². The van der Waals surface area contributed by atoms with Crippen molar-refractivity contribution in [1.82, 2.24) is 4.90 Å². The Morgan fingerprint density at radius 3 is 2.51 bits per heavy atom. The van der Waals surface area contributed by atoms with Gasteiger partial charge in [-0.1, -0.05) is 29.8 Å². The minimum absolute atomic E-state index is 0.163. The number of hydrogen-bond acceptors (Lipinski definition) is 6. The fourth-order valence-corrected chi connectivity index (χ4v) is 4.75. The number of amides is 3. The molecule has 0 saturated carbocycles. The fourth-order valence-electron chi connectivity index (χ4n) is 3.79. The number of nitrogens with one attached hydrogen (secondary N) is 1. The van der Waals surface area contributed by atoms with Gasteiger partial charge in [-0.3, -0.25) is 19.3 Å². The molecule has 10 heteroatoms. The third-order valence-electron chi connectivity index (χ3n) is 5.64. The zero-order chi connectivity index (χ0) is 27.9. The molecule has 0 radical (unpaired) electrons. The van der Waals surface area contributed by atoms with Crippen LogP contribution < -0.4 is 14.8 Å². The minimum Gasteiger partial charge on any atom is -0.493 e. The van der Waals surface area contributed by atoms with Gasteiger partial charge in [0, 0.05) is 16.3 Å². The summed E-state index contributed by atoms with van der Waals surface area (Å²) in [7, 11) is 1.51. The molecular weight excluding hydrogens is 543 g/mol. The molecule has 0 bridgehead atoms. The lowest BCUT2D eigenvalue weighted by atomic mass is 10.0. The largest absolute Gasteiger partial charge is 0.493 e. The maximum absolute atomic E-state index is 13.1. The van der Waals surface area contributed by atoms with Gasteiger partial charge < -0.3 is 14.8 Å². The molecule has 1 aliphatic heterocycles. The Kier molecular flexibility index (Phi) is 9.06. The van der Waals surface area contributed by atoms with Crippen molar-refractivity contribution in [3.63, 3.8) is 0 Å². The van der Waals surface area contributed by atoms with Crippen LogP contribution in [0.4, 0.5) is 14.9 Å². The Labute approximate surface area is 234 Å². The highest BCUT2D eigenvalue weighted by atomic mass is 35.5. The summed E-state index contributed by atoms with van der Waals surface area (Å²) in [4.78, 5) is 38.9. The normalized spacial score (nSPS) is 14.0. The lowest BCUT2D eigenvalue weighted by molar-refractivity contribution is -0.127. The highest BCUT2D eigenvalue weighted by Gasteiger charge is 2.36. The van der Waals surface area contributed by atoms with Gasteiger partial charge in [-0.05, 0) is 83.9 Å². The molecule has 0 spiro atoms. The van der Waals surface area contributed by atoms with Crippen LogP contribution in [-0.2, 0) is 22.6 Å². The molecule has 3 amide bonds. The smallest absolute Gasteiger partial charge is 0.294 e.